The van der Waals surface area contributed by atoms with Gasteiger partial charge in [-0.15, -0.1) is 0 Å². The molecular formula is C17H28N4. The van der Waals surface area contributed by atoms with Gasteiger partial charge in [-0.3, -0.25) is 4.90 Å². The quantitative estimate of drug-likeness (QED) is 0.835. The largest absolute Gasteiger partial charge is 0.370 e. The SMILES string of the molecule is CCCNc1cccc(CN2CCN(CC3CC3)CC2)n1. The van der Waals surface area contributed by atoms with Gasteiger partial charge in [0.05, 0.1) is 5.69 Å². The van der Waals surface area contributed by atoms with Crippen molar-refractivity contribution < 1.29 is 0 Å². The Labute approximate surface area is 128 Å². The molecular weight excluding hydrogens is 260 g/mol. The van der Waals surface area contributed by atoms with E-state index in [1.807, 2.05) is 0 Å². The molecule has 0 aromatic carbocycles. The molecule has 4 heteroatoms. The van der Waals surface area contributed by atoms with E-state index in [2.05, 4.69) is 40.2 Å². The fraction of sp³-hybridized carbons (Fsp3) is 0.706. The summed E-state index contributed by atoms with van der Waals surface area (Å²) in [5.74, 6) is 2.03. The summed E-state index contributed by atoms with van der Waals surface area (Å²) in [4.78, 5) is 9.89. The molecule has 1 saturated carbocycles. The monoisotopic (exact) mass is 288 g/mol. The van der Waals surface area contributed by atoms with Crippen molar-refractivity contribution in [3.63, 3.8) is 0 Å². The third-order valence-electron chi connectivity index (χ3n) is 4.43. The summed E-state index contributed by atoms with van der Waals surface area (Å²) in [6.07, 6.45) is 4.05. The van der Waals surface area contributed by atoms with Crippen molar-refractivity contribution in [2.75, 3.05) is 44.6 Å². The van der Waals surface area contributed by atoms with Crippen LogP contribution in [-0.4, -0.2) is 54.1 Å². The number of piperazine rings is 1. The average Bonchev–Trinajstić information content (AvgIpc) is 3.32. The number of anilines is 1. The van der Waals surface area contributed by atoms with Gasteiger partial charge in [0.2, 0.25) is 0 Å². The van der Waals surface area contributed by atoms with Crippen LogP contribution in [0.5, 0.6) is 0 Å². The first-order valence-corrected chi connectivity index (χ1v) is 8.48. The summed E-state index contributed by atoms with van der Waals surface area (Å²) in [5, 5.41) is 3.37. The van der Waals surface area contributed by atoms with E-state index in [4.69, 9.17) is 4.98 Å². The van der Waals surface area contributed by atoms with E-state index in [1.165, 1.54) is 51.3 Å². The Hall–Kier alpha value is -1.13. The summed E-state index contributed by atoms with van der Waals surface area (Å²) in [6.45, 7) is 10.3. The maximum atomic E-state index is 4.72. The smallest absolute Gasteiger partial charge is 0.126 e. The predicted molar refractivity (Wildman–Crippen MR) is 87.5 cm³/mol. The van der Waals surface area contributed by atoms with E-state index in [1.54, 1.807) is 0 Å². The number of hydrogen-bond acceptors (Lipinski definition) is 4. The Morgan fingerprint density at radius 1 is 1.14 bits per heavy atom. The molecule has 1 aliphatic heterocycles. The van der Waals surface area contributed by atoms with Crippen LogP contribution < -0.4 is 5.32 Å². The van der Waals surface area contributed by atoms with Gasteiger partial charge in [0.15, 0.2) is 0 Å². The lowest BCUT2D eigenvalue weighted by atomic mass is 10.2. The molecule has 2 heterocycles. The fourth-order valence-electron chi connectivity index (χ4n) is 2.94. The van der Waals surface area contributed by atoms with Crippen molar-refractivity contribution in [3.05, 3.63) is 23.9 Å². The molecule has 2 fully saturated rings. The third kappa shape index (κ3) is 4.68. The molecule has 1 aromatic rings. The molecule has 1 saturated heterocycles. The van der Waals surface area contributed by atoms with Crippen LogP contribution in [-0.2, 0) is 6.54 Å². The summed E-state index contributed by atoms with van der Waals surface area (Å²) in [5.41, 5.74) is 1.19. The number of aromatic nitrogens is 1. The van der Waals surface area contributed by atoms with E-state index in [-0.39, 0.29) is 0 Å². The number of nitrogens with one attached hydrogen (secondary N) is 1. The van der Waals surface area contributed by atoms with E-state index in [9.17, 15) is 0 Å². The number of hydrogen-bond donors (Lipinski definition) is 1. The zero-order chi connectivity index (χ0) is 14.5. The van der Waals surface area contributed by atoms with Gasteiger partial charge in [0, 0.05) is 45.8 Å². The second-order valence-electron chi connectivity index (χ2n) is 6.46. The van der Waals surface area contributed by atoms with Crippen molar-refractivity contribution in [2.45, 2.75) is 32.7 Å². The van der Waals surface area contributed by atoms with E-state index in [0.717, 1.165) is 31.2 Å². The second-order valence-corrected chi connectivity index (χ2v) is 6.46. The summed E-state index contributed by atoms with van der Waals surface area (Å²) in [7, 11) is 0. The highest BCUT2D eigenvalue weighted by Crippen LogP contribution is 2.29. The number of nitrogens with zero attached hydrogens (tertiary/aromatic N) is 3. The summed E-state index contributed by atoms with van der Waals surface area (Å²) >= 11 is 0. The van der Waals surface area contributed by atoms with Crippen LogP contribution >= 0.6 is 0 Å². The Bertz CT molecular complexity index is 436. The van der Waals surface area contributed by atoms with E-state index in [0.29, 0.717) is 0 Å². The predicted octanol–water partition coefficient (Wildman–Crippen LogP) is 2.43. The molecule has 1 aliphatic carbocycles. The lowest BCUT2D eigenvalue weighted by molar-refractivity contribution is 0.122. The Kier molecular flexibility index (Phi) is 5.09. The van der Waals surface area contributed by atoms with E-state index >= 15 is 0 Å². The van der Waals surface area contributed by atoms with Crippen molar-refractivity contribution >= 4 is 5.82 Å². The minimum atomic E-state index is 0.985. The van der Waals surface area contributed by atoms with Gasteiger partial charge in [0.25, 0.3) is 0 Å². The lowest BCUT2D eigenvalue weighted by Crippen LogP contribution is -2.46. The number of pyridine rings is 1. The average molecular weight is 288 g/mol. The molecule has 116 valence electrons. The van der Waals surface area contributed by atoms with Crippen LogP contribution in [0, 0.1) is 5.92 Å². The Balaban J connectivity index is 1.45. The normalized spacial score (nSPS) is 20.6. The summed E-state index contributed by atoms with van der Waals surface area (Å²) in [6, 6.07) is 6.32. The topological polar surface area (TPSA) is 31.4 Å². The van der Waals surface area contributed by atoms with Crippen molar-refractivity contribution in [2.24, 2.45) is 5.92 Å². The first-order chi connectivity index (χ1) is 10.3. The molecule has 0 radical (unpaired) electrons. The molecule has 3 rings (SSSR count). The summed E-state index contributed by atoms with van der Waals surface area (Å²) < 4.78 is 0. The van der Waals surface area contributed by atoms with Crippen LogP contribution in [0.2, 0.25) is 0 Å². The van der Waals surface area contributed by atoms with Crippen LogP contribution in [0.1, 0.15) is 31.9 Å². The molecule has 0 unspecified atom stereocenters. The highest BCUT2D eigenvalue weighted by molar-refractivity contribution is 5.35. The van der Waals surface area contributed by atoms with Crippen molar-refractivity contribution in [1.82, 2.24) is 14.8 Å². The van der Waals surface area contributed by atoms with Crippen LogP contribution in [0.25, 0.3) is 0 Å². The first kappa shape index (κ1) is 14.8. The minimum absolute atomic E-state index is 0.985. The van der Waals surface area contributed by atoms with Crippen LogP contribution in [0.15, 0.2) is 18.2 Å². The van der Waals surface area contributed by atoms with Gasteiger partial charge < -0.3 is 10.2 Å². The van der Waals surface area contributed by atoms with Crippen LogP contribution in [0.4, 0.5) is 5.82 Å². The van der Waals surface area contributed by atoms with Crippen molar-refractivity contribution in [1.29, 1.82) is 0 Å². The molecule has 21 heavy (non-hydrogen) atoms. The molecule has 0 spiro atoms. The molecule has 0 amide bonds. The molecule has 4 nitrogen and oxygen atoms in total. The van der Waals surface area contributed by atoms with E-state index < -0.39 is 0 Å². The molecule has 0 bridgehead atoms. The fourth-order valence-corrected chi connectivity index (χ4v) is 2.94. The zero-order valence-corrected chi connectivity index (χ0v) is 13.2. The third-order valence-corrected chi connectivity index (χ3v) is 4.43. The molecule has 1 N–H and O–H groups in total. The lowest BCUT2D eigenvalue weighted by Gasteiger charge is -2.34. The van der Waals surface area contributed by atoms with Gasteiger partial charge in [-0.25, -0.2) is 4.98 Å². The van der Waals surface area contributed by atoms with Crippen LogP contribution in [0.3, 0.4) is 0 Å². The second kappa shape index (κ2) is 7.23. The van der Waals surface area contributed by atoms with Gasteiger partial charge in [-0.2, -0.15) is 0 Å². The van der Waals surface area contributed by atoms with Gasteiger partial charge in [-0.05, 0) is 37.3 Å². The first-order valence-electron chi connectivity index (χ1n) is 8.48. The highest BCUT2D eigenvalue weighted by Gasteiger charge is 2.26. The van der Waals surface area contributed by atoms with Crippen molar-refractivity contribution in [3.8, 4) is 0 Å². The zero-order valence-electron chi connectivity index (χ0n) is 13.2. The molecule has 0 atom stereocenters. The number of rotatable bonds is 7. The maximum Gasteiger partial charge on any atom is 0.126 e. The highest BCUT2D eigenvalue weighted by atomic mass is 15.3. The Morgan fingerprint density at radius 3 is 2.62 bits per heavy atom. The molecule has 2 aliphatic rings. The molecule has 1 aromatic heterocycles. The van der Waals surface area contributed by atoms with Gasteiger partial charge in [-0.1, -0.05) is 13.0 Å². The van der Waals surface area contributed by atoms with Gasteiger partial charge in [0.1, 0.15) is 5.82 Å². The minimum Gasteiger partial charge on any atom is -0.370 e. The standard InChI is InChI=1S/C17H28N4/c1-2-8-18-17-5-3-4-16(19-17)14-21-11-9-20(10-12-21)13-15-6-7-15/h3-5,15H,2,6-14H2,1H3,(H,18,19). The van der Waals surface area contributed by atoms with Gasteiger partial charge >= 0.3 is 0 Å². The Morgan fingerprint density at radius 2 is 1.90 bits per heavy atom. The maximum absolute atomic E-state index is 4.72.